The Labute approximate surface area is 90.1 Å². The molecule has 2 nitrogen and oxygen atoms in total. The summed E-state index contributed by atoms with van der Waals surface area (Å²) in [6.45, 7) is 9.08. The summed E-state index contributed by atoms with van der Waals surface area (Å²) in [5, 5.41) is 3.52. The van der Waals surface area contributed by atoms with Crippen molar-refractivity contribution in [1.82, 2.24) is 10.2 Å². The lowest BCUT2D eigenvalue weighted by Gasteiger charge is -2.31. The van der Waals surface area contributed by atoms with Gasteiger partial charge in [-0.15, -0.1) is 0 Å². The molecule has 14 heavy (non-hydrogen) atoms. The van der Waals surface area contributed by atoms with Crippen LogP contribution in [0.4, 0.5) is 0 Å². The predicted octanol–water partition coefficient (Wildman–Crippen LogP) is 2.35. The van der Waals surface area contributed by atoms with Crippen LogP contribution in [0.25, 0.3) is 0 Å². The van der Waals surface area contributed by atoms with Crippen LogP contribution in [0.1, 0.15) is 40.0 Å². The second-order valence-electron chi connectivity index (χ2n) is 4.31. The van der Waals surface area contributed by atoms with Gasteiger partial charge in [-0.05, 0) is 33.0 Å². The smallest absolute Gasteiger partial charge is 0.0242 e. The van der Waals surface area contributed by atoms with Gasteiger partial charge in [0.05, 0.1) is 0 Å². The van der Waals surface area contributed by atoms with Crippen LogP contribution in [-0.2, 0) is 0 Å². The van der Waals surface area contributed by atoms with Crippen LogP contribution in [0, 0.1) is 5.92 Å². The first-order chi connectivity index (χ1) is 6.67. The maximum atomic E-state index is 3.52. The standard InChI is InChI=1S/C12H28N2/c1-6-9-13-10-12(14(4)5)11(7-2)8-3/h11-13H,6-10H2,1-5H3. The number of hydrogen-bond donors (Lipinski definition) is 1. The molecule has 0 amide bonds. The SMILES string of the molecule is CCCNCC(C(CC)CC)N(C)C. The number of nitrogens with zero attached hydrogens (tertiary/aromatic N) is 1. The first-order valence-corrected chi connectivity index (χ1v) is 6.04. The lowest BCUT2D eigenvalue weighted by Crippen LogP contribution is -2.43. The Morgan fingerprint density at radius 3 is 2.00 bits per heavy atom. The van der Waals surface area contributed by atoms with E-state index in [1.54, 1.807) is 0 Å². The van der Waals surface area contributed by atoms with E-state index in [-0.39, 0.29) is 0 Å². The molecule has 0 heterocycles. The van der Waals surface area contributed by atoms with E-state index in [1.807, 2.05) is 0 Å². The molecule has 0 radical (unpaired) electrons. The number of nitrogens with one attached hydrogen (secondary N) is 1. The van der Waals surface area contributed by atoms with E-state index in [1.165, 1.54) is 19.3 Å². The van der Waals surface area contributed by atoms with Crippen molar-refractivity contribution < 1.29 is 0 Å². The normalized spacial score (nSPS) is 13.9. The largest absolute Gasteiger partial charge is 0.315 e. The highest BCUT2D eigenvalue weighted by Gasteiger charge is 2.19. The molecular weight excluding hydrogens is 172 g/mol. The predicted molar refractivity (Wildman–Crippen MR) is 64.7 cm³/mol. The van der Waals surface area contributed by atoms with Gasteiger partial charge in [0.25, 0.3) is 0 Å². The molecule has 0 rings (SSSR count). The van der Waals surface area contributed by atoms with E-state index in [0.29, 0.717) is 6.04 Å². The van der Waals surface area contributed by atoms with Crippen molar-refractivity contribution in [3.8, 4) is 0 Å². The molecule has 0 bridgehead atoms. The maximum Gasteiger partial charge on any atom is 0.0242 e. The molecule has 0 saturated carbocycles. The van der Waals surface area contributed by atoms with Crippen LogP contribution in [0.15, 0.2) is 0 Å². The molecule has 0 aliphatic carbocycles. The van der Waals surface area contributed by atoms with Gasteiger partial charge in [-0.2, -0.15) is 0 Å². The molecule has 86 valence electrons. The molecule has 0 spiro atoms. The molecule has 0 saturated heterocycles. The van der Waals surface area contributed by atoms with Crippen molar-refractivity contribution in [1.29, 1.82) is 0 Å². The summed E-state index contributed by atoms with van der Waals surface area (Å²) in [7, 11) is 4.38. The summed E-state index contributed by atoms with van der Waals surface area (Å²) in [4.78, 5) is 2.36. The molecule has 0 fully saturated rings. The van der Waals surface area contributed by atoms with Gasteiger partial charge in [0.1, 0.15) is 0 Å². The maximum absolute atomic E-state index is 3.52. The number of rotatable bonds is 8. The highest BCUT2D eigenvalue weighted by Crippen LogP contribution is 2.16. The van der Waals surface area contributed by atoms with Crippen molar-refractivity contribution in [3.63, 3.8) is 0 Å². The fourth-order valence-electron chi connectivity index (χ4n) is 2.03. The average Bonchev–Trinajstić information content (AvgIpc) is 2.17. The zero-order valence-corrected chi connectivity index (χ0v) is 10.6. The summed E-state index contributed by atoms with van der Waals surface area (Å²) in [6.07, 6.45) is 3.80. The zero-order valence-electron chi connectivity index (χ0n) is 10.6. The molecule has 0 aliphatic rings. The van der Waals surface area contributed by atoms with E-state index in [2.05, 4.69) is 45.1 Å². The van der Waals surface area contributed by atoms with Crippen LogP contribution in [0.2, 0.25) is 0 Å². The summed E-state index contributed by atoms with van der Waals surface area (Å²) in [5.74, 6) is 0.828. The fourth-order valence-corrected chi connectivity index (χ4v) is 2.03. The van der Waals surface area contributed by atoms with Crippen LogP contribution >= 0.6 is 0 Å². The topological polar surface area (TPSA) is 15.3 Å². The van der Waals surface area contributed by atoms with Crippen LogP contribution in [0.5, 0.6) is 0 Å². The number of likely N-dealkylation sites (N-methyl/N-ethyl adjacent to an activating group) is 1. The van der Waals surface area contributed by atoms with Crippen LogP contribution in [-0.4, -0.2) is 38.1 Å². The number of hydrogen-bond acceptors (Lipinski definition) is 2. The van der Waals surface area contributed by atoms with Gasteiger partial charge in [0.2, 0.25) is 0 Å². The molecule has 2 heteroatoms. The van der Waals surface area contributed by atoms with Crippen molar-refractivity contribution in [2.75, 3.05) is 27.2 Å². The first-order valence-electron chi connectivity index (χ1n) is 6.04. The fraction of sp³-hybridized carbons (Fsp3) is 1.00. The lowest BCUT2D eigenvalue weighted by atomic mass is 9.93. The molecular formula is C12H28N2. The second-order valence-corrected chi connectivity index (χ2v) is 4.31. The molecule has 1 unspecified atom stereocenters. The quantitative estimate of drug-likeness (QED) is 0.605. The van der Waals surface area contributed by atoms with Crippen molar-refractivity contribution in [2.24, 2.45) is 5.92 Å². The third-order valence-electron chi connectivity index (χ3n) is 3.04. The lowest BCUT2D eigenvalue weighted by molar-refractivity contribution is 0.194. The van der Waals surface area contributed by atoms with Gasteiger partial charge in [-0.1, -0.05) is 33.6 Å². The van der Waals surface area contributed by atoms with Gasteiger partial charge < -0.3 is 10.2 Å². The Hall–Kier alpha value is -0.0800. The van der Waals surface area contributed by atoms with Crippen molar-refractivity contribution in [3.05, 3.63) is 0 Å². The summed E-state index contributed by atoms with van der Waals surface area (Å²) >= 11 is 0. The Morgan fingerprint density at radius 1 is 1.07 bits per heavy atom. The van der Waals surface area contributed by atoms with Gasteiger partial charge in [-0.3, -0.25) is 0 Å². The monoisotopic (exact) mass is 200 g/mol. The highest BCUT2D eigenvalue weighted by molar-refractivity contribution is 4.76. The molecule has 0 aromatic heterocycles. The Kier molecular flexibility index (Phi) is 8.20. The zero-order chi connectivity index (χ0) is 11.0. The van der Waals surface area contributed by atoms with Crippen LogP contribution < -0.4 is 5.32 Å². The van der Waals surface area contributed by atoms with E-state index in [0.717, 1.165) is 19.0 Å². The molecule has 1 atom stereocenters. The van der Waals surface area contributed by atoms with Gasteiger partial charge in [-0.25, -0.2) is 0 Å². The Balaban J connectivity index is 3.99. The summed E-state index contributed by atoms with van der Waals surface area (Å²) < 4.78 is 0. The van der Waals surface area contributed by atoms with Crippen LogP contribution in [0.3, 0.4) is 0 Å². The highest BCUT2D eigenvalue weighted by atomic mass is 15.1. The van der Waals surface area contributed by atoms with Gasteiger partial charge in [0, 0.05) is 12.6 Å². The minimum atomic E-state index is 0.691. The van der Waals surface area contributed by atoms with E-state index >= 15 is 0 Å². The Bertz CT molecular complexity index is 119. The van der Waals surface area contributed by atoms with E-state index in [4.69, 9.17) is 0 Å². The van der Waals surface area contributed by atoms with Crippen molar-refractivity contribution in [2.45, 2.75) is 46.1 Å². The first kappa shape index (κ1) is 13.9. The average molecular weight is 200 g/mol. The third-order valence-corrected chi connectivity index (χ3v) is 3.04. The van der Waals surface area contributed by atoms with Gasteiger partial charge >= 0.3 is 0 Å². The minimum absolute atomic E-state index is 0.691. The molecule has 0 aromatic rings. The summed E-state index contributed by atoms with van der Waals surface area (Å²) in [6, 6.07) is 0.691. The third kappa shape index (κ3) is 4.97. The van der Waals surface area contributed by atoms with E-state index < -0.39 is 0 Å². The van der Waals surface area contributed by atoms with Crippen molar-refractivity contribution >= 4 is 0 Å². The Morgan fingerprint density at radius 2 is 1.64 bits per heavy atom. The molecule has 0 aliphatic heterocycles. The second kappa shape index (κ2) is 8.25. The molecule has 0 aromatic carbocycles. The minimum Gasteiger partial charge on any atom is -0.315 e. The summed E-state index contributed by atoms with van der Waals surface area (Å²) in [5.41, 5.74) is 0. The molecule has 1 N–H and O–H groups in total. The van der Waals surface area contributed by atoms with E-state index in [9.17, 15) is 0 Å². The van der Waals surface area contributed by atoms with Gasteiger partial charge in [0.15, 0.2) is 0 Å².